The molecule has 0 spiro atoms. The predicted octanol–water partition coefficient (Wildman–Crippen LogP) is 7.41. The van der Waals surface area contributed by atoms with Gasteiger partial charge in [-0.05, 0) is 55.9 Å². The van der Waals surface area contributed by atoms with Gasteiger partial charge in [-0.3, -0.25) is 10.1 Å². The molecule has 1 amide bonds. The zero-order valence-corrected chi connectivity index (χ0v) is 25.4. The second kappa shape index (κ2) is 14.0. The molecule has 0 radical (unpaired) electrons. The maximum atomic E-state index is 13.4. The van der Waals surface area contributed by atoms with Crippen LogP contribution in [-0.4, -0.2) is 43.9 Å². The van der Waals surface area contributed by atoms with Crippen LogP contribution >= 0.6 is 66.4 Å². The molecule has 15 heteroatoms. The summed E-state index contributed by atoms with van der Waals surface area (Å²) < 4.78 is 13.2. The molecular formula is C23H23Cl2N6O3PS3. The number of hydrogen-bond donors (Lipinski definition) is 1. The number of nitrogens with one attached hydrogen (secondary N) is 1. The van der Waals surface area contributed by atoms with E-state index in [1.165, 1.54) is 34.9 Å². The SMILES string of the molecule is CCOP(Cc1cnc(NC(=O)c2nc(Sc3nncn3C)ccc2Sc2ccc(Cl)c(Cl)c2)s1)OCC. The molecule has 0 saturated heterocycles. The number of benzene rings is 1. The van der Waals surface area contributed by atoms with E-state index in [1.54, 1.807) is 29.2 Å². The van der Waals surface area contributed by atoms with Crippen LogP contribution in [0.5, 0.6) is 0 Å². The minimum Gasteiger partial charge on any atom is -0.334 e. The van der Waals surface area contributed by atoms with Crippen molar-refractivity contribution >= 4 is 77.5 Å². The lowest BCUT2D eigenvalue weighted by Gasteiger charge is -2.14. The Morgan fingerprint density at radius 1 is 1.13 bits per heavy atom. The second-order valence-corrected chi connectivity index (χ2v) is 12.9. The third kappa shape index (κ3) is 7.89. The smallest absolute Gasteiger partial charge is 0.277 e. The van der Waals surface area contributed by atoms with Gasteiger partial charge < -0.3 is 13.6 Å². The van der Waals surface area contributed by atoms with E-state index in [0.29, 0.717) is 49.6 Å². The lowest BCUT2D eigenvalue weighted by atomic mass is 10.3. The van der Waals surface area contributed by atoms with E-state index in [1.807, 2.05) is 39.1 Å². The average molecular weight is 630 g/mol. The average Bonchev–Trinajstić information content (AvgIpc) is 3.50. The van der Waals surface area contributed by atoms with Gasteiger partial charge in [0.25, 0.3) is 5.91 Å². The fraction of sp³-hybridized carbons (Fsp3) is 0.261. The van der Waals surface area contributed by atoms with Crippen LogP contribution in [0.1, 0.15) is 29.2 Å². The van der Waals surface area contributed by atoms with Gasteiger partial charge >= 0.3 is 0 Å². The first kappa shape index (κ1) is 29.2. The third-order valence-electron chi connectivity index (χ3n) is 4.64. The summed E-state index contributed by atoms with van der Waals surface area (Å²) in [5.74, 6) is -0.384. The molecule has 1 N–H and O–H groups in total. The zero-order valence-electron chi connectivity index (χ0n) is 20.6. The largest absolute Gasteiger partial charge is 0.334 e. The Morgan fingerprint density at radius 3 is 2.61 bits per heavy atom. The molecule has 0 unspecified atom stereocenters. The number of aryl methyl sites for hydroxylation is 1. The highest BCUT2D eigenvalue weighted by atomic mass is 35.5. The quantitative estimate of drug-likeness (QED) is 0.160. The maximum Gasteiger partial charge on any atom is 0.277 e. The number of amides is 1. The highest BCUT2D eigenvalue weighted by molar-refractivity contribution is 7.99. The molecule has 0 aliphatic carbocycles. The van der Waals surface area contributed by atoms with Crippen LogP contribution in [-0.2, 0) is 22.3 Å². The number of carbonyl (C=O) groups is 1. The summed E-state index contributed by atoms with van der Waals surface area (Å²) in [5.41, 5.74) is 0.246. The van der Waals surface area contributed by atoms with Crippen molar-refractivity contribution < 1.29 is 13.8 Å². The number of carbonyl (C=O) groups excluding carboxylic acids is 1. The molecule has 200 valence electrons. The maximum absolute atomic E-state index is 13.4. The number of aromatic nitrogens is 5. The van der Waals surface area contributed by atoms with Crippen molar-refractivity contribution in [1.82, 2.24) is 24.7 Å². The molecule has 0 atom stereocenters. The van der Waals surface area contributed by atoms with Crippen LogP contribution in [0, 0.1) is 0 Å². The highest BCUT2D eigenvalue weighted by Gasteiger charge is 2.20. The molecule has 4 aromatic rings. The van der Waals surface area contributed by atoms with Crippen molar-refractivity contribution in [2.75, 3.05) is 18.5 Å². The molecule has 3 aromatic heterocycles. The summed E-state index contributed by atoms with van der Waals surface area (Å²) >= 11 is 16.3. The Balaban J connectivity index is 1.57. The first-order chi connectivity index (χ1) is 18.4. The Kier molecular flexibility index (Phi) is 10.8. The number of rotatable bonds is 12. The molecule has 1 aromatic carbocycles. The predicted molar refractivity (Wildman–Crippen MR) is 154 cm³/mol. The van der Waals surface area contributed by atoms with Crippen molar-refractivity contribution in [2.24, 2.45) is 7.05 Å². The van der Waals surface area contributed by atoms with Gasteiger partial charge in [0, 0.05) is 27.9 Å². The van der Waals surface area contributed by atoms with Crippen LogP contribution in [0.2, 0.25) is 10.0 Å². The number of hydrogen-bond acceptors (Lipinski definition) is 10. The topological polar surface area (TPSA) is 104 Å². The van der Waals surface area contributed by atoms with Gasteiger partial charge in [-0.25, -0.2) is 9.97 Å². The number of halogens is 2. The van der Waals surface area contributed by atoms with E-state index in [0.717, 1.165) is 9.77 Å². The summed E-state index contributed by atoms with van der Waals surface area (Å²) in [6.45, 7) is 5.01. The first-order valence-corrected chi connectivity index (χ1v) is 15.9. The van der Waals surface area contributed by atoms with Gasteiger partial charge in [-0.15, -0.1) is 21.5 Å². The lowest BCUT2D eigenvalue weighted by Crippen LogP contribution is -2.15. The Hall–Kier alpha value is -1.76. The van der Waals surface area contributed by atoms with Crippen molar-refractivity contribution in [3.8, 4) is 0 Å². The highest BCUT2D eigenvalue weighted by Crippen LogP contribution is 2.43. The Bertz CT molecular complexity index is 1400. The first-order valence-electron chi connectivity index (χ1n) is 11.3. The Labute approximate surface area is 244 Å². The second-order valence-electron chi connectivity index (χ2n) is 7.41. The molecule has 4 rings (SSSR count). The molecule has 9 nitrogen and oxygen atoms in total. The van der Waals surface area contributed by atoms with Crippen molar-refractivity contribution in [3.05, 3.63) is 63.5 Å². The molecular weight excluding hydrogens is 606 g/mol. The minimum atomic E-state index is -1.05. The van der Waals surface area contributed by atoms with E-state index in [9.17, 15) is 4.79 Å². The van der Waals surface area contributed by atoms with Gasteiger partial charge in [0.15, 0.2) is 18.7 Å². The normalized spacial score (nSPS) is 11.3. The molecule has 0 saturated carbocycles. The van der Waals surface area contributed by atoms with Crippen molar-refractivity contribution in [3.63, 3.8) is 0 Å². The van der Waals surface area contributed by atoms with Gasteiger partial charge in [0.1, 0.15) is 17.0 Å². The van der Waals surface area contributed by atoms with Gasteiger partial charge in [0.2, 0.25) is 0 Å². The van der Waals surface area contributed by atoms with E-state index in [4.69, 9.17) is 32.2 Å². The zero-order chi connectivity index (χ0) is 27.1. The fourth-order valence-corrected chi connectivity index (χ4v) is 7.38. The van der Waals surface area contributed by atoms with E-state index in [-0.39, 0.29) is 11.6 Å². The molecule has 0 aliphatic heterocycles. The summed E-state index contributed by atoms with van der Waals surface area (Å²) in [4.78, 5) is 24.9. The molecule has 0 aliphatic rings. The lowest BCUT2D eigenvalue weighted by molar-refractivity contribution is 0.101. The number of thiazole rings is 1. The van der Waals surface area contributed by atoms with Crippen molar-refractivity contribution in [1.29, 1.82) is 0 Å². The molecule has 0 fully saturated rings. The van der Waals surface area contributed by atoms with Crippen LogP contribution < -0.4 is 5.32 Å². The van der Waals surface area contributed by atoms with Crippen LogP contribution in [0.3, 0.4) is 0 Å². The monoisotopic (exact) mass is 628 g/mol. The van der Waals surface area contributed by atoms with E-state index >= 15 is 0 Å². The Morgan fingerprint density at radius 2 is 1.92 bits per heavy atom. The van der Waals surface area contributed by atoms with Crippen LogP contribution in [0.15, 0.2) is 62.8 Å². The van der Waals surface area contributed by atoms with Crippen LogP contribution in [0.4, 0.5) is 5.13 Å². The van der Waals surface area contributed by atoms with E-state index in [2.05, 4.69) is 25.5 Å². The van der Waals surface area contributed by atoms with Gasteiger partial charge in [-0.1, -0.05) is 35.0 Å². The summed E-state index contributed by atoms with van der Waals surface area (Å²) in [5, 5.41) is 13.5. The molecule has 38 heavy (non-hydrogen) atoms. The fourth-order valence-electron chi connectivity index (χ4n) is 2.99. The summed E-state index contributed by atoms with van der Waals surface area (Å²) in [7, 11) is 0.793. The standard InChI is InChI=1S/C23H23Cl2N6O3PS3/c1-4-33-35(34-5-2)12-15-11-26-22(37-15)29-21(32)20-18(36-14-6-7-16(24)17(25)10-14)8-9-19(28-20)38-23-30-27-13-31(23)3/h6-11,13H,4-5,12H2,1-3H3,(H,26,29,32). The summed E-state index contributed by atoms with van der Waals surface area (Å²) in [6, 6.07) is 8.99. The molecule has 0 bridgehead atoms. The van der Waals surface area contributed by atoms with Crippen molar-refractivity contribution in [2.45, 2.75) is 40.0 Å². The third-order valence-corrected chi connectivity index (χ3v) is 10.2. The van der Waals surface area contributed by atoms with Gasteiger partial charge in [0.05, 0.1) is 29.4 Å². The van der Waals surface area contributed by atoms with E-state index < -0.39 is 8.38 Å². The minimum absolute atomic E-state index is 0.246. The number of anilines is 1. The number of pyridine rings is 1. The number of nitrogens with zero attached hydrogens (tertiary/aromatic N) is 5. The summed E-state index contributed by atoms with van der Waals surface area (Å²) in [6.07, 6.45) is 3.94. The molecule has 3 heterocycles. The van der Waals surface area contributed by atoms with Gasteiger partial charge in [-0.2, -0.15) is 0 Å². The van der Waals surface area contributed by atoms with Crippen LogP contribution in [0.25, 0.3) is 0 Å².